The molecular formula is C8H7BrN2O. The molecule has 62 valence electrons. The van der Waals surface area contributed by atoms with Gasteiger partial charge in [0, 0.05) is 6.20 Å². The van der Waals surface area contributed by atoms with Crippen LogP contribution in [0.1, 0.15) is 5.56 Å². The fourth-order valence-corrected chi connectivity index (χ4v) is 1.18. The Labute approximate surface area is 79.1 Å². The molecule has 0 radical (unpaired) electrons. The Bertz CT molecular complexity index is 319. The van der Waals surface area contributed by atoms with Gasteiger partial charge in [-0.1, -0.05) is 0 Å². The van der Waals surface area contributed by atoms with Crippen LogP contribution in [0.3, 0.4) is 0 Å². The van der Waals surface area contributed by atoms with Crippen molar-refractivity contribution in [3.05, 3.63) is 22.4 Å². The van der Waals surface area contributed by atoms with Crippen molar-refractivity contribution in [1.82, 2.24) is 4.98 Å². The van der Waals surface area contributed by atoms with E-state index >= 15 is 0 Å². The van der Waals surface area contributed by atoms with E-state index in [0.717, 1.165) is 5.56 Å². The van der Waals surface area contributed by atoms with Gasteiger partial charge >= 0.3 is 0 Å². The topological polar surface area (TPSA) is 45.9 Å². The second-order valence-corrected chi connectivity index (χ2v) is 2.92. The van der Waals surface area contributed by atoms with Gasteiger partial charge in [-0.15, -0.1) is 0 Å². The SMILES string of the molecule is COc1cc(CC#N)cnc1Br. The van der Waals surface area contributed by atoms with E-state index < -0.39 is 0 Å². The number of aromatic nitrogens is 1. The monoisotopic (exact) mass is 226 g/mol. The summed E-state index contributed by atoms with van der Waals surface area (Å²) in [6.07, 6.45) is 2.01. The number of nitrogens with zero attached hydrogens (tertiary/aromatic N) is 2. The maximum Gasteiger partial charge on any atom is 0.151 e. The molecule has 1 aromatic heterocycles. The lowest BCUT2D eigenvalue weighted by atomic mass is 10.2. The standard InChI is InChI=1S/C8H7BrN2O/c1-12-7-4-6(2-3-10)5-11-8(7)9/h4-5H,2H2,1H3. The van der Waals surface area contributed by atoms with Crippen molar-refractivity contribution >= 4 is 15.9 Å². The van der Waals surface area contributed by atoms with Gasteiger partial charge in [0.15, 0.2) is 5.75 Å². The minimum atomic E-state index is 0.358. The van der Waals surface area contributed by atoms with Crippen LogP contribution < -0.4 is 4.74 Å². The number of methoxy groups -OCH3 is 1. The summed E-state index contributed by atoms with van der Waals surface area (Å²) in [6.45, 7) is 0. The molecule has 0 aliphatic carbocycles. The molecule has 0 bridgehead atoms. The van der Waals surface area contributed by atoms with E-state index in [1.165, 1.54) is 0 Å². The Kier molecular flexibility index (Phi) is 3.06. The van der Waals surface area contributed by atoms with Gasteiger partial charge < -0.3 is 4.74 Å². The number of rotatable bonds is 2. The summed E-state index contributed by atoms with van der Waals surface area (Å²) >= 11 is 3.22. The summed E-state index contributed by atoms with van der Waals surface area (Å²) in [4.78, 5) is 4.01. The summed E-state index contributed by atoms with van der Waals surface area (Å²) in [5.74, 6) is 0.655. The zero-order chi connectivity index (χ0) is 8.97. The molecule has 1 aromatic rings. The van der Waals surface area contributed by atoms with Crippen molar-refractivity contribution in [2.24, 2.45) is 0 Å². The fraction of sp³-hybridized carbons (Fsp3) is 0.250. The van der Waals surface area contributed by atoms with Gasteiger partial charge in [0.25, 0.3) is 0 Å². The van der Waals surface area contributed by atoms with Crippen LogP contribution in [0, 0.1) is 11.3 Å². The normalized spacial score (nSPS) is 9.08. The molecule has 12 heavy (non-hydrogen) atoms. The molecule has 0 saturated heterocycles. The van der Waals surface area contributed by atoms with Crippen LogP contribution in [-0.4, -0.2) is 12.1 Å². The number of hydrogen-bond donors (Lipinski definition) is 0. The summed E-state index contributed by atoms with van der Waals surface area (Å²) < 4.78 is 5.67. The van der Waals surface area contributed by atoms with Crippen molar-refractivity contribution in [2.45, 2.75) is 6.42 Å². The third-order valence-corrected chi connectivity index (χ3v) is 1.96. The van der Waals surface area contributed by atoms with E-state index in [0.29, 0.717) is 16.8 Å². The number of hydrogen-bond acceptors (Lipinski definition) is 3. The molecule has 0 spiro atoms. The first-order chi connectivity index (χ1) is 5.77. The van der Waals surface area contributed by atoms with E-state index in [2.05, 4.69) is 20.9 Å². The minimum absolute atomic E-state index is 0.358. The Morgan fingerprint density at radius 1 is 1.75 bits per heavy atom. The number of halogens is 1. The Balaban J connectivity index is 2.98. The smallest absolute Gasteiger partial charge is 0.151 e. The second kappa shape index (κ2) is 4.07. The largest absolute Gasteiger partial charge is 0.494 e. The molecule has 0 unspecified atom stereocenters. The Morgan fingerprint density at radius 2 is 2.50 bits per heavy atom. The van der Waals surface area contributed by atoms with Crippen LogP contribution in [0.4, 0.5) is 0 Å². The van der Waals surface area contributed by atoms with Gasteiger partial charge in [-0.2, -0.15) is 5.26 Å². The van der Waals surface area contributed by atoms with Crippen molar-refractivity contribution in [3.8, 4) is 11.8 Å². The van der Waals surface area contributed by atoms with Crippen molar-refractivity contribution in [3.63, 3.8) is 0 Å². The van der Waals surface area contributed by atoms with Crippen LogP contribution in [-0.2, 0) is 6.42 Å². The maximum absolute atomic E-state index is 8.42. The summed E-state index contributed by atoms with van der Waals surface area (Å²) in [5, 5.41) is 8.42. The van der Waals surface area contributed by atoms with Crippen molar-refractivity contribution < 1.29 is 4.74 Å². The highest BCUT2D eigenvalue weighted by Crippen LogP contribution is 2.22. The third kappa shape index (κ3) is 1.95. The first-order valence-electron chi connectivity index (χ1n) is 3.33. The molecule has 0 aromatic carbocycles. The minimum Gasteiger partial charge on any atom is -0.494 e. The summed E-state index contributed by atoms with van der Waals surface area (Å²) in [7, 11) is 1.57. The van der Waals surface area contributed by atoms with Gasteiger partial charge in [0.1, 0.15) is 4.60 Å². The van der Waals surface area contributed by atoms with Gasteiger partial charge in [0.05, 0.1) is 19.6 Å². The number of pyridine rings is 1. The van der Waals surface area contributed by atoms with Crippen molar-refractivity contribution in [1.29, 1.82) is 5.26 Å². The van der Waals surface area contributed by atoms with Gasteiger partial charge in [-0.05, 0) is 27.6 Å². The molecule has 0 aliphatic heterocycles. The lowest BCUT2D eigenvalue weighted by Gasteiger charge is -2.02. The van der Waals surface area contributed by atoms with E-state index in [-0.39, 0.29) is 0 Å². The average molecular weight is 227 g/mol. The molecular weight excluding hydrogens is 220 g/mol. The van der Waals surface area contributed by atoms with E-state index in [1.807, 2.05) is 6.07 Å². The first kappa shape index (κ1) is 9.01. The molecule has 0 aliphatic rings. The fourth-order valence-electron chi connectivity index (χ4n) is 0.800. The van der Waals surface area contributed by atoms with Crippen LogP contribution in [0.15, 0.2) is 16.9 Å². The van der Waals surface area contributed by atoms with Crippen molar-refractivity contribution in [2.75, 3.05) is 7.11 Å². The van der Waals surface area contributed by atoms with Gasteiger partial charge in [-0.3, -0.25) is 0 Å². The zero-order valence-electron chi connectivity index (χ0n) is 6.54. The zero-order valence-corrected chi connectivity index (χ0v) is 8.13. The highest BCUT2D eigenvalue weighted by Gasteiger charge is 2.01. The number of nitriles is 1. The van der Waals surface area contributed by atoms with Crippen LogP contribution >= 0.6 is 15.9 Å². The first-order valence-corrected chi connectivity index (χ1v) is 4.12. The van der Waals surface area contributed by atoms with E-state index in [1.54, 1.807) is 19.4 Å². The molecule has 0 N–H and O–H groups in total. The molecule has 4 heteroatoms. The second-order valence-electron chi connectivity index (χ2n) is 2.17. The van der Waals surface area contributed by atoms with Crippen LogP contribution in [0.2, 0.25) is 0 Å². The van der Waals surface area contributed by atoms with E-state index in [9.17, 15) is 0 Å². The third-order valence-electron chi connectivity index (χ3n) is 1.37. The summed E-state index contributed by atoms with van der Waals surface area (Å²) in [6, 6.07) is 3.84. The highest BCUT2D eigenvalue weighted by atomic mass is 79.9. The quantitative estimate of drug-likeness (QED) is 0.725. The highest BCUT2D eigenvalue weighted by molar-refractivity contribution is 9.10. The van der Waals surface area contributed by atoms with Gasteiger partial charge in [0.2, 0.25) is 0 Å². The lowest BCUT2D eigenvalue weighted by Crippen LogP contribution is -1.90. The molecule has 1 heterocycles. The average Bonchev–Trinajstić information content (AvgIpc) is 2.09. The molecule has 0 fully saturated rings. The Hall–Kier alpha value is -1.08. The predicted octanol–water partition coefficient (Wildman–Crippen LogP) is 1.92. The molecule has 0 saturated carbocycles. The predicted molar refractivity (Wildman–Crippen MR) is 47.8 cm³/mol. The lowest BCUT2D eigenvalue weighted by molar-refractivity contribution is 0.409. The molecule has 3 nitrogen and oxygen atoms in total. The van der Waals surface area contributed by atoms with Gasteiger partial charge in [-0.25, -0.2) is 4.98 Å². The Morgan fingerprint density at radius 3 is 3.08 bits per heavy atom. The van der Waals surface area contributed by atoms with Crippen LogP contribution in [0.5, 0.6) is 5.75 Å². The van der Waals surface area contributed by atoms with E-state index in [4.69, 9.17) is 10.00 Å². The maximum atomic E-state index is 8.42. The molecule has 1 rings (SSSR count). The molecule has 0 amide bonds. The number of ether oxygens (including phenoxy) is 1. The molecule has 0 atom stereocenters. The van der Waals surface area contributed by atoms with Crippen LogP contribution in [0.25, 0.3) is 0 Å². The summed E-state index contributed by atoms with van der Waals surface area (Å²) in [5.41, 5.74) is 0.859.